The van der Waals surface area contributed by atoms with Gasteiger partial charge in [-0.3, -0.25) is 4.90 Å². The lowest BCUT2D eigenvalue weighted by molar-refractivity contribution is -0.771. The SMILES string of the molecule is CCCCCCOC1C(OC)=CC=C2C1=C[NH+]1CCc3cc4c(cc3C1=C2Cc1ccc(C(C)C)cc1)OCO4.[I-]. The highest BCUT2D eigenvalue weighted by Crippen LogP contribution is 2.42. The molecule has 6 rings (SSSR count). The molecule has 3 aliphatic heterocycles. The molecule has 2 unspecified atom stereocenters. The number of rotatable bonds is 10. The molecule has 1 aliphatic carbocycles. The van der Waals surface area contributed by atoms with Crippen LogP contribution in [0.15, 0.2) is 77.2 Å². The van der Waals surface area contributed by atoms with Crippen LogP contribution in [0.1, 0.15) is 74.6 Å². The topological polar surface area (TPSA) is 41.4 Å². The van der Waals surface area contributed by atoms with Gasteiger partial charge in [0.05, 0.1) is 13.7 Å². The number of quaternary nitrogens is 1. The van der Waals surface area contributed by atoms with Gasteiger partial charge in [0.2, 0.25) is 6.79 Å². The van der Waals surface area contributed by atoms with Crippen molar-refractivity contribution in [3.8, 4) is 11.5 Å². The first-order valence-corrected chi connectivity index (χ1v) is 15.0. The number of fused-ring (bicyclic) bond motifs is 5. The highest BCUT2D eigenvalue weighted by molar-refractivity contribution is 5.77. The molecule has 0 spiro atoms. The second kappa shape index (κ2) is 13.2. The molecule has 0 fully saturated rings. The molecule has 3 heterocycles. The fraction of sp³-hybridized carbons (Fsp3) is 0.429. The zero-order valence-corrected chi connectivity index (χ0v) is 26.9. The summed E-state index contributed by atoms with van der Waals surface area (Å²) in [5, 5.41) is 0. The smallest absolute Gasteiger partial charge is 0.231 e. The van der Waals surface area contributed by atoms with Gasteiger partial charge in [0.15, 0.2) is 11.5 Å². The van der Waals surface area contributed by atoms with Crippen molar-refractivity contribution in [3.05, 3.63) is 99.5 Å². The van der Waals surface area contributed by atoms with Crippen molar-refractivity contribution < 1.29 is 47.8 Å². The molecule has 0 aromatic heterocycles. The van der Waals surface area contributed by atoms with Crippen LogP contribution >= 0.6 is 0 Å². The minimum atomic E-state index is -0.183. The van der Waals surface area contributed by atoms with Gasteiger partial charge >= 0.3 is 0 Å². The third kappa shape index (κ3) is 6.02. The summed E-state index contributed by atoms with van der Waals surface area (Å²) >= 11 is 0. The van der Waals surface area contributed by atoms with E-state index in [-0.39, 0.29) is 30.1 Å². The van der Waals surface area contributed by atoms with Crippen molar-refractivity contribution in [2.24, 2.45) is 0 Å². The minimum absolute atomic E-state index is 0. The van der Waals surface area contributed by atoms with Crippen molar-refractivity contribution in [1.82, 2.24) is 0 Å². The summed E-state index contributed by atoms with van der Waals surface area (Å²) in [7, 11) is 1.76. The summed E-state index contributed by atoms with van der Waals surface area (Å²) < 4.78 is 24.0. The molecule has 2 aromatic carbocycles. The van der Waals surface area contributed by atoms with E-state index in [0.717, 1.165) is 49.7 Å². The van der Waals surface area contributed by atoms with E-state index in [2.05, 4.69) is 75.5 Å². The van der Waals surface area contributed by atoms with E-state index in [1.807, 2.05) is 0 Å². The van der Waals surface area contributed by atoms with Crippen molar-refractivity contribution in [2.45, 2.75) is 71.3 Å². The number of allylic oxidation sites excluding steroid dienone is 3. The summed E-state index contributed by atoms with van der Waals surface area (Å²) in [4.78, 5) is 1.38. The highest BCUT2D eigenvalue weighted by Gasteiger charge is 2.40. The van der Waals surface area contributed by atoms with E-state index < -0.39 is 0 Å². The maximum absolute atomic E-state index is 6.58. The average molecular weight is 668 g/mol. The molecule has 1 N–H and O–H groups in total. The van der Waals surface area contributed by atoms with Gasteiger partial charge in [0, 0.05) is 36.2 Å². The largest absolute Gasteiger partial charge is 1.00 e. The molecule has 41 heavy (non-hydrogen) atoms. The summed E-state index contributed by atoms with van der Waals surface area (Å²) in [6, 6.07) is 13.5. The van der Waals surface area contributed by atoms with Crippen LogP contribution in [0, 0.1) is 0 Å². The molecule has 0 bridgehead atoms. The third-order valence-electron chi connectivity index (χ3n) is 8.62. The number of hydrogen-bond donors (Lipinski definition) is 1. The molecule has 0 amide bonds. The summed E-state index contributed by atoms with van der Waals surface area (Å²) in [6.45, 7) is 8.75. The van der Waals surface area contributed by atoms with Crippen LogP contribution in [0.4, 0.5) is 0 Å². The molecule has 6 heteroatoms. The molecule has 218 valence electrons. The summed E-state index contributed by atoms with van der Waals surface area (Å²) in [6.07, 6.45) is 13.1. The quantitative estimate of drug-likeness (QED) is 0.312. The Morgan fingerprint density at radius 2 is 1.78 bits per heavy atom. The number of methoxy groups -OCH3 is 1. The first kappa shape index (κ1) is 29.9. The zero-order chi connectivity index (χ0) is 27.6. The maximum atomic E-state index is 6.58. The number of unbranched alkanes of at least 4 members (excludes halogenated alkanes) is 3. The van der Waals surface area contributed by atoms with Gasteiger partial charge < -0.3 is 42.9 Å². The number of halogens is 1. The molecule has 0 saturated carbocycles. The van der Waals surface area contributed by atoms with Gasteiger partial charge in [0.1, 0.15) is 23.8 Å². The molecular weight excluding hydrogens is 625 g/mol. The summed E-state index contributed by atoms with van der Waals surface area (Å²) in [5.74, 6) is 3.11. The number of ether oxygens (including phenoxy) is 4. The number of benzene rings is 2. The minimum Gasteiger partial charge on any atom is -1.00 e. The molecule has 4 aliphatic rings. The Morgan fingerprint density at radius 1 is 1.00 bits per heavy atom. The van der Waals surface area contributed by atoms with Crippen molar-refractivity contribution in [1.29, 1.82) is 0 Å². The van der Waals surface area contributed by atoms with Gasteiger partial charge in [-0.25, -0.2) is 0 Å². The van der Waals surface area contributed by atoms with Crippen LogP contribution in [0.2, 0.25) is 0 Å². The average Bonchev–Trinajstić information content (AvgIpc) is 3.43. The third-order valence-corrected chi connectivity index (χ3v) is 8.62. The Labute approximate surface area is 261 Å². The molecule has 5 nitrogen and oxygen atoms in total. The predicted molar refractivity (Wildman–Crippen MR) is 158 cm³/mol. The van der Waals surface area contributed by atoms with Crippen LogP contribution in [-0.2, 0) is 22.3 Å². The highest BCUT2D eigenvalue weighted by atomic mass is 127. The number of hydrogen-bond acceptors (Lipinski definition) is 4. The fourth-order valence-corrected chi connectivity index (χ4v) is 6.37. The second-order valence-corrected chi connectivity index (χ2v) is 11.6. The first-order valence-electron chi connectivity index (χ1n) is 15.0. The molecule has 2 atom stereocenters. The lowest BCUT2D eigenvalue weighted by Crippen LogP contribution is -3.06. The lowest BCUT2D eigenvalue weighted by Gasteiger charge is -2.36. The Bertz CT molecular complexity index is 1390. The van der Waals surface area contributed by atoms with E-state index in [1.165, 1.54) is 68.8 Å². The normalized spacial score (nSPS) is 20.4. The van der Waals surface area contributed by atoms with E-state index in [9.17, 15) is 0 Å². The van der Waals surface area contributed by atoms with Gasteiger partial charge in [0.25, 0.3) is 0 Å². The van der Waals surface area contributed by atoms with Gasteiger partial charge in [-0.15, -0.1) is 0 Å². The number of nitrogens with one attached hydrogen (secondary N) is 1. The van der Waals surface area contributed by atoms with Crippen molar-refractivity contribution >= 4 is 5.70 Å². The standard InChI is InChI=1S/C35H41NO4.HI/c1-5-6-7-8-17-38-35-30-21-36-16-15-26-19-32-33(40-22-39-32)20-28(26)34(36)29(27(30)13-14-31(35)37-4)18-24-9-11-25(12-10-24)23(2)3;/h9-14,19-21,23,35H,5-8,15-18,22H2,1-4H3;1H. The van der Waals surface area contributed by atoms with Crippen LogP contribution in [0.5, 0.6) is 11.5 Å². The predicted octanol–water partition coefficient (Wildman–Crippen LogP) is 3.27. The first-order chi connectivity index (χ1) is 19.6. The lowest BCUT2D eigenvalue weighted by atomic mass is 9.79. The molecule has 2 aromatic rings. The Morgan fingerprint density at radius 3 is 2.51 bits per heavy atom. The van der Waals surface area contributed by atoms with Crippen molar-refractivity contribution in [2.75, 3.05) is 27.1 Å². The van der Waals surface area contributed by atoms with Crippen molar-refractivity contribution in [3.63, 3.8) is 0 Å². The zero-order valence-electron chi connectivity index (χ0n) is 24.7. The van der Waals surface area contributed by atoms with Gasteiger partial charge in [-0.1, -0.05) is 70.4 Å². The Balaban J connectivity index is 0.00000337. The maximum Gasteiger partial charge on any atom is 0.231 e. The monoisotopic (exact) mass is 667 g/mol. The Hall–Kier alpha value is -2.55. The summed E-state index contributed by atoms with van der Waals surface area (Å²) in [5.41, 5.74) is 10.5. The van der Waals surface area contributed by atoms with Crippen LogP contribution in [0.3, 0.4) is 0 Å². The van der Waals surface area contributed by atoms with E-state index in [4.69, 9.17) is 18.9 Å². The van der Waals surface area contributed by atoms with E-state index in [0.29, 0.717) is 12.7 Å². The fourth-order valence-electron chi connectivity index (χ4n) is 6.37. The van der Waals surface area contributed by atoms with E-state index in [1.54, 1.807) is 7.11 Å². The Kier molecular flexibility index (Phi) is 9.62. The van der Waals surface area contributed by atoms with E-state index >= 15 is 0 Å². The molecule has 0 radical (unpaired) electrons. The van der Waals surface area contributed by atoms with Crippen LogP contribution < -0.4 is 38.4 Å². The second-order valence-electron chi connectivity index (χ2n) is 11.6. The van der Waals surface area contributed by atoms with Gasteiger partial charge in [-0.2, -0.15) is 0 Å². The van der Waals surface area contributed by atoms with Gasteiger partial charge in [-0.05, 0) is 52.8 Å². The van der Waals surface area contributed by atoms with Crippen LogP contribution in [0.25, 0.3) is 5.70 Å². The van der Waals surface area contributed by atoms with Crippen LogP contribution in [-0.4, -0.2) is 33.2 Å². The molecule has 0 saturated heterocycles. The molecular formula is C35H42INO4.